The lowest BCUT2D eigenvalue weighted by Crippen LogP contribution is -2.63. The molecule has 3 aliphatic rings. The van der Waals surface area contributed by atoms with Crippen LogP contribution in [0.15, 0.2) is 59.1 Å². The first kappa shape index (κ1) is 38.9. The normalized spacial score (nSPS) is 21.4. The zero-order valence-electron chi connectivity index (χ0n) is 30.5. The van der Waals surface area contributed by atoms with E-state index in [1.54, 1.807) is 21.9 Å². The highest BCUT2D eigenvalue weighted by Gasteiger charge is 2.58. The Kier molecular flexibility index (Phi) is 11.5. The highest BCUT2D eigenvalue weighted by molar-refractivity contribution is 8.03. The second kappa shape index (κ2) is 15.4. The maximum Gasteiger partial charge on any atom is 0.410 e. The summed E-state index contributed by atoms with van der Waals surface area (Å²) < 4.78 is 17.8. The molecule has 5 rings (SSSR count). The number of non-ortho nitro benzene ring substituents is 2. The number of hydrogen-bond donors (Lipinski definition) is 0. The largest absolute Gasteiger partial charge is 0.456 e. The molecule has 0 saturated carbocycles. The fourth-order valence-electron chi connectivity index (χ4n) is 6.57. The quantitative estimate of drug-likeness (QED) is 0.0667. The van der Waals surface area contributed by atoms with Crippen LogP contribution in [0.1, 0.15) is 58.6 Å². The third kappa shape index (κ3) is 8.34. The predicted molar refractivity (Wildman–Crippen MR) is 196 cm³/mol. The number of nitro groups is 2. The van der Waals surface area contributed by atoms with Gasteiger partial charge in [-0.2, -0.15) is 0 Å². The SMILES string of the molecule is CC(O[Si](C)(C)C(C)(C)C)C1C(=O)N2C(C(=O)OCc3ccc([N+](=O)[O-])cc3)=C(SC(C)C3CCN(C(=O)OCc4ccc([N+](=O)[O-])cc4)C3)C[C@H]12. The maximum atomic E-state index is 13.8. The molecule has 0 aliphatic carbocycles. The van der Waals surface area contributed by atoms with E-state index in [2.05, 4.69) is 33.9 Å². The van der Waals surface area contributed by atoms with E-state index in [0.717, 1.165) is 11.3 Å². The summed E-state index contributed by atoms with van der Waals surface area (Å²) in [7, 11) is -2.19. The van der Waals surface area contributed by atoms with E-state index >= 15 is 0 Å². The van der Waals surface area contributed by atoms with Crippen LogP contribution in [0.4, 0.5) is 16.2 Å². The summed E-state index contributed by atoms with van der Waals surface area (Å²) in [4.78, 5) is 65.4. The van der Waals surface area contributed by atoms with Crippen molar-refractivity contribution in [2.75, 3.05) is 13.1 Å². The first-order chi connectivity index (χ1) is 24.4. The first-order valence-electron chi connectivity index (χ1n) is 17.3. The van der Waals surface area contributed by atoms with Crippen LogP contribution in [0.3, 0.4) is 0 Å². The highest BCUT2D eigenvalue weighted by Crippen LogP contribution is 2.50. The van der Waals surface area contributed by atoms with Crippen LogP contribution in [-0.2, 0) is 36.7 Å². The zero-order valence-corrected chi connectivity index (χ0v) is 32.3. The molecule has 0 aromatic heterocycles. The van der Waals surface area contributed by atoms with Crippen LogP contribution in [-0.4, -0.2) is 76.4 Å². The number of nitrogens with zero attached hydrogens (tertiary/aromatic N) is 4. The van der Waals surface area contributed by atoms with Gasteiger partial charge in [-0.25, -0.2) is 9.59 Å². The molecule has 16 heteroatoms. The molecule has 0 radical (unpaired) electrons. The number of esters is 1. The molecule has 2 aromatic carbocycles. The average Bonchev–Trinajstić information content (AvgIpc) is 3.70. The van der Waals surface area contributed by atoms with Gasteiger partial charge in [-0.3, -0.25) is 25.0 Å². The van der Waals surface area contributed by atoms with Gasteiger partial charge in [0.1, 0.15) is 18.9 Å². The lowest BCUT2D eigenvalue weighted by Gasteiger charge is -2.48. The van der Waals surface area contributed by atoms with E-state index < -0.39 is 36.1 Å². The second-order valence-electron chi connectivity index (χ2n) is 15.2. The van der Waals surface area contributed by atoms with Gasteiger partial charge < -0.3 is 23.7 Å². The van der Waals surface area contributed by atoms with Crippen molar-refractivity contribution in [3.63, 3.8) is 0 Å². The molecular formula is C36H46N4O10SSi. The molecule has 14 nitrogen and oxygen atoms in total. The van der Waals surface area contributed by atoms with Crippen molar-refractivity contribution in [1.82, 2.24) is 9.80 Å². The number of hydrogen-bond acceptors (Lipinski definition) is 11. The molecule has 2 fully saturated rings. The van der Waals surface area contributed by atoms with E-state index in [9.17, 15) is 34.6 Å². The van der Waals surface area contributed by atoms with Crippen LogP contribution < -0.4 is 0 Å². The molecule has 52 heavy (non-hydrogen) atoms. The molecule has 0 N–H and O–H groups in total. The third-order valence-electron chi connectivity index (χ3n) is 10.7. The Morgan fingerprint density at radius 3 is 2.00 bits per heavy atom. The molecule has 0 bridgehead atoms. The van der Waals surface area contributed by atoms with Crippen molar-refractivity contribution >= 4 is 49.4 Å². The molecule has 2 aromatic rings. The van der Waals surface area contributed by atoms with Crippen molar-refractivity contribution in [2.45, 2.75) is 96.2 Å². The zero-order chi connectivity index (χ0) is 38.1. The van der Waals surface area contributed by atoms with Crippen LogP contribution in [0.25, 0.3) is 0 Å². The maximum absolute atomic E-state index is 13.8. The Balaban J connectivity index is 1.26. The van der Waals surface area contributed by atoms with Crippen molar-refractivity contribution in [2.24, 2.45) is 11.8 Å². The van der Waals surface area contributed by atoms with Crippen molar-refractivity contribution in [3.8, 4) is 0 Å². The van der Waals surface area contributed by atoms with Crippen molar-refractivity contribution in [3.05, 3.63) is 90.5 Å². The van der Waals surface area contributed by atoms with Crippen LogP contribution in [0, 0.1) is 32.1 Å². The van der Waals surface area contributed by atoms with E-state index in [1.165, 1.54) is 48.2 Å². The fraction of sp³-hybridized carbons (Fsp3) is 0.528. The molecule has 280 valence electrons. The van der Waals surface area contributed by atoms with E-state index in [1.807, 2.05) is 13.8 Å². The van der Waals surface area contributed by atoms with Gasteiger partial charge in [0, 0.05) is 53.9 Å². The van der Waals surface area contributed by atoms with Gasteiger partial charge in [0.05, 0.1) is 27.9 Å². The van der Waals surface area contributed by atoms with Gasteiger partial charge in [-0.1, -0.05) is 27.7 Å². The Morgan fingerprint density at radius 1 is 0.942 bits per heavy atom. The summed E-state index contributed by atoms with van der Waals surface area (Å²) in [6.45, 7) is 15.6. The van der Waals surface area contributed by atoms with Gasteiger partial charge in [-0.15, -0.1) is 11.8 Å². The monoisotopic (exact) mass is 754 g/mol. The number of benzene rings is 2. The number of nitro benzene ring substituents is 2. The molecule has 2 saturated heterocycles. The third-order valence-corrected chi connectivity index (χ3v) is 16.6. The molecule has 5 atom stereocenters. The number of β-lactam (4-membered cyclic amide) rings is 1. The number of likely N-dealkylation sites (tertiary alicyclic amines) is 1. The summed E-state index contributed by atoms with van der Waals surface area (Å²) in [5.74, 6) is -1.14. The summed E-state index contributed by atoms with van der Waals surface area (Å²) in [5.41, 5.74) is 1.33. The van der Waals surface area contributed by atoms with E-state index in [4.69, 9.17) is 13.9 Å². The van der Waals surface area contributed by atoms with Gasteiger partial charge in [0.25, 0.3) is 11.4 Å². The van der Waals surface area contributed by atoms with Gasteiger partial charge in [-0.05, 0) is 72.8 Å². The lowest BCUT2D eigenvalue weighted by atomic mass is 9.83. The fourth-order valence-corrected chi connectivity index (χ4v) is 9.42. The van der Waals surface area contributed by atoms with Crippen molar-refractivity contribution < 1.29 is 38.1 Å². The number of rotatable bonds is 13. The first-order valence-corrected chi connectivity index (χ1v) is 21.1. The highest BCUT2D eigenvalue weighted by atomic mass is 32.2. The molecule has 2 amide bonds. The van der Waals surface area contributed by atoms with Gasteiger partial charge in [0.2, 0.25) is 5.91 Å². The minimum Gasteiger partial charge on any atom is -0.456 e. The number of amides is 2. The van der Waals surface area contributed by atoms with Gasteiger partial charge in [0.15, 0.2) is 8.32 Å². The topological polar surface area (TPSA) is 172 Å². The Hall–Kier alpha value is -4.28. The number of carbonyl (C=O) groups excluding carboxylic acids is 3. The Morgan fingerprint density at radius 2 is 1.48 bits per heavy atom. The number of ether oxygens (including phenoxy) is 2. The van der Waals surface area contributed by atoms with Gasteiger partial charge >= 0.3 is 12.1 Å². The van der Waals surface area contributed by atoms with Crippen LogP contribution in [0.2, 0.25) is 18.1 Å². The second-order valence-corrected chi connectivity index (χ2v) is 21.4. The van der Waals surface area contributed by atoms with Crippen molar-refractivity contribution in [1.29, 1.82) is 0 Å². The molecule has 3 aliphatic heterocycles. The summed E-state index contributed by atoms with van der Waals surface area (Å²) >= 11 is 1.52. The smallest absolute Gasteiger partial charge is 0.410 e. The standard InChI is InChI=1S/C36H46N4O10SSi/c1-22(50-52(6,7)36(3,4)5)31-29-18-30(32(38(29)33(31)41)34(42)48-20-24-8-12-27(13-9-24)39(44)45)51-23(2)26-16-17-37(19-26)35(43)49-21-25-10-14-28(15-11-25)40(46)47/h8-15,22-23,26,29,31H,16-21H2,1-7H3/t22?,23?,26?,29-,31?/m1/s1. The summed E-state index contributed by atoms with van der Waals surface area (Å²) in [5, 5.41) is 21.9. The Labute approximate surface area is 308 Å². The molecule has 4 unspecified atom stereocenters. The molecule has 0 spiro atoms. The average molecular weight is 755 g/mol. The molecular weight excluding hydrogens is 709 g/mol. The lowest BCUT2D eigenvalue weighted by molar-refractivity contribution is -0.385. The van der Waals surface area contributed by atoms with E-state index in [0.29, 0.717) is 30.6 Å². The summed E-state index contributed by atoms with van der Waals surface area (Å²) in [6, 6.07) is 11.3. The Bertz CT molecular complexity index is 1740. The summed E-state index contributed by atoms with van der Waals surface area (Å²) in [6.07, 6.45) is 0.392. The number of thioether (sulfide) groups is 1. The van der Waals surface area contributed by atoms with Crippen LogP contribution >= 0.6 is 11.8 Å². The van der Waals surface area contributed by atoms with Crippen LogP contribution in [0.5, 0.6) is 0 Å². The molecule has 3 heterocycles. The predicted octanol–water partition coefficient (Wildman–Crippen LogP) is 7.18. The minimum absolute atomic E-state index is 0.00942. The van der Waals surface area contributed by atoms with E-state index in [-0.39, 0.29) is 64.5 Å². The number of fused-ring (bicyclic) bond motifs is 1. The minimum atomic E-state index is -2.19. The number of carbonyl (C=O) groups is 3.